The fourth-order valence-electron chi connectivity index (χ4n) is 8.49. The number of cyclic esters (lactones) is 1. The molecule has 2 aromatic carbocycles. The van der Waals surface area contributed by atoms with Crippen molar-refractivity contribution in [1.29, 1.82) is 0 Å². The fraction of sp³-hybridized carbons (Fsp3) is 0.444. The molecule has 7 nitrogen and oxygen atoms in total. The summed E-state index contributed by atoms with van der Waals surface area (Å²) in [6.07, 6.45) is 6.63. The molecule has 0 amide bonds. The maximum atomic E-state index is 14.3. The minimum atomic E-state index is -0.864. The van der Waals surface area contributed by atoms with Gasteiger partial charge in [0.2, 0.25) is 0 Å². The van der Waals surface area contributed by atoms with Crippen LogP contribution in [-0.2, 0) is 19.0 Å². The van der Waals surface area contributed by atoms with Crippen molar-refractivity contribution in [2.24, 2.45) is 22.7 Å². The van der Waals surface area contributed by atoms with Crippen molar-refractivity contribution in [2.75, 3.05) is 13.2 Å². The van der Waals surface area contributed by atoms with E-state index in [1.165, 1.54) is 17.7 Å². The maximum absolute atomic E-state index is 14.3. The molecule has 2 unspecified atom stereocenters. The molecule has 44 heavy (non-hydrogen) atoms. The molecule has 2 saturated carbocycles. The van der Waals surface area contributed by atoms with Gasteiger partial charge < -0.3 is 19.3 Å². The SMILES string of the molecule is C=C1CC[C@@H]2[C@]3(C)COC(c4cn(-c5ccccc5)nc4-c4cccc(F)c4)O[C@@H]3CC[C@@]2(C)[C@@H]1C/C=C1/C(=O)OCC1O. The molecule has 2 aliphatic heterocycles. The lowest BCUT2D eigenvalue weighted by atomic mass is 9.46. The summed E-state index contributed by atoms with van der Waals surface area (Å²) in [5.41, 5.74) is 4.26. The highest BCUT2D eigenvalue weighted by Gasteiger charge is 2.60. The highest BCUT2D eigenvalue weighted by Crippen LogP contribution is 2.64. The molecular weight excluding hydrogens is 559 g/mol. The molecule has 0 radical (unpaired) electrons. The van der Waals surface area contributed by atoms with Gasteiger partial charge in [-0.1, -0.05) is 62.4 Å². The third-order valence-electron chi connectivity index (χ3n) is 10.8. The van der Waals surface area contributed by atoms with Gasteiger partial charge in [0, 0.05) is 17.2 Å². The van der Waals surface area contributed by atoms with Crippen LogP contribution >= 0.6 is 0 Å². The number of halogens is 1. The zero-order valence-corrected chi connectivity index (χ0v) is 25.2. The van der Waals surface area contributed by atoms with Gasteiger partial charge in [0.1, 0.15) is 24.2 Å². The van der Waals surface area contributed by atoms with E-state index in [1.54, 1.807) is 10.7 Å². The number of allylic oxidation sites excluding steroid dienone is 2. The Labute approximate surface area is 257 Å². The number of carbonyl (C=O) groups excluding carboxylic acids is 1. The topological polar surface area (TPSA) is 82.8 Å². The van der Waals surface area contributed by atoms with Gasteiger partial charge in [-0.15, -0.1) is 0 Å². The first-order valence-corrected chi connectivity index (χ1v) is 15.6. The Morgan fingerprint density at radius 2 is 1.95 bits per heavy atom. The van der Waals surface area contributed by atoms with E-state index in [9.17, 15) is 14.3 Å². The van der Waals surface area contributed by atoms with Crippen LogP contribution in [0.25, 0.3) is 16.9 Å². The predicted octanol–water partition coefficient (Wildman–Crippen LogP) is 6.72. The van der Waals surface area contributed by atoms with Gasteiger partial charge in [0.15, 0.2) is 6.29 Å². The maximum Gasteiger partial charge on any atom is 0.336 e. The Balaban J connectivity index is 1.17. The van der Waals surface area contributed by atoms with Crippen molar-refractivity contribution in [3.8, 4) is 16.9 Å². The smallest absolute Gasteiger partial charge is 0.336 e. The molecule has 7 atom stereocenters. The first-order valence-electron chi connectivity index (χ1n) is 15.6. The molecule has 1 N–H and O–H groups in total. The van der Waals surface area contributed by atoms with Crippen LogP contribution in [0.2, 0.25) is 0 Å². The molecule has 4 aliphatic rings. The summed E-state index contributed by atoms with van der Waals surface area (Å²) in [4.78, 5) is 12.2. The van der Waals surface area contributed by atoms with E-state index in [-0.39, 0.29) is 35.3 Å². The van der Waals surface area contributed by atoms with Crippen LogP contribution in [0.1, 0.15) is 57.8 Å². The number of ether oxygens (including phenoxy) is 3. The third kappa shape index (κ3) is 4.84. The summed E-state index contributed by atoms with van der Waals surface area (Å²) < 4.78 is 34.6. The van der Waals surface area contributed by atoms with E-state index in [0.717, 1.165) is 36.9 Å². The molecule has 1 aromatic heterocycles. The largest absolute Gasteiger partial charge is 0.459 e. The summed E-state index contributed by atoms with van der Waals surface area (Å²) in [6.45, 7) is 9.65. The second-order valence-corrected chi connectivity index (χ2v) is 13.4. The number of fused-ring (bicyclic) bond motifs is 3. The molecule has 0 spiro atoms. The zero-order chi connectivity index (χ0) is 30.6. The quantitative estimate of drug-likeness (QED) is 0.200. The van der Waals surface area contributed by atoms with Crippen molar-refractivity contribution >= 4 is 5.97 Å². The molecule has 7 rings (SSSR count). The van der Waals surface area contributed by atoms with E-state index < -0.39 is 18.4 Å². The highest BCUT2D eigenvalue weighted by atomic mass is 19.1. The number of rotatable bonds is 5. The van der Waals surface area contributed by atoms with E-state index in [4.69, 9.17) is 19.3 Å². The van der Waals surface area contributed by atoms with E-state index in [2.05, 4.69) is 20.4 Å². The first kappa shape index (κ1) is 29.1. The molecule has 0 bridgehead atoms. The number of aliphatic hydroxyl groups excluding tert-OH is 1. The van der Waals surface area contributed by atoms with Crippen LogP contribution in [0.15, 0.2) is 84.6 Å². The Morgan fingerprint density at radius 3 is 2.70 bits per heavy atom. The summed E-state index contributed by atoms with van der Waals surface area (Å²) in [6, 6.07) is 16.3. The van der Waals surface area contributed by atoms with Crippen molar-refractivity contribution < 1.29 is 28.5 Å². The van der Waals surface area contributed by atoms with Gasteiger partial charge in [0.05, 0.1) is 29.5 Å². The zero-order valence-electron chi connectivity index (χ0n) is 25.2. The van der Waals surface area contributed by atoms with Gasteiger partial charge in [-0.3, -0.25) is 0 Å². The number of aromatic nitrogens is 2. The Bertz CT molecular complexity index is 1620. The van der Waals surface area contributed by atoms with Crippen molar-refractivity contribution in [2.45, 2.75) is 64.4 Å². The molecule has 2 saturated heterocycles. The molecule has 3 heterocycles. The van der Waals surface area contributed by atoms with Gasteiger partial charge in [0.25, 0.3) is 0 Å². The van der Waals surface area contributed by atoms with E-state index >= 15 is 0 Å². The van der Waals surface area contributed by atoms with Crippen molar-refractivity contribution in [1.82, 2.24) is 9.78 Å². The highest BCUT2D eigenvalue weighted by molar-refractivity contribution is 5.91. The molecule has 8 heteroatoms. The molecular formula is C36H39FN2O5. The minimum Gasteiger partial charge on any atom is -0.459 e. The summed E-state index contributed by atoms with van der Waals surface area (Å²) in [5.74, 6) is -0.257. The lowest BCUT2D eigenvalue weighted by Gasteiger charge is -2.62. The molecule has 2 aliphatic carbocycles. The fourth-order valence-corrected chi connectivity index (χ4v) is 8.49. The second-order valence-electron chi connectivity index (χ2n) is 13.4. The normalized spacial score (nSPS) is 34.5. The van der Waals surface area contributed by atoms with Gasteiger partial charge >= 0.3 is 5.97 Å². The van der Waals surface area contributed by atoms with Crippen LogP contribution in [0, 0.1) is 28.5 Å². The molecule has 230 valence electrons. The summed E-state index contributed by atoms with van der Waals surface area (Å²) in [7, 11) is 0. The number of carbonyl (C=O) groups is 1. The number of hydrogen-bond acceptors (Lipinski definition) is 6. The standard InChI is InChI=1S/C36H39FN2O5/c1-22-12-15-30-35(2,28(22)14-13-26-29(40)20-42-33(26)41)17-16-31-36(30,3)21-43-34(44-31)27-19-39(25-10-5-4-6-11-25)38-32(27)23-8-7-9-24(37)18-23/h4-11,13,18-19,28-31,34,40H,1,12,14-17,20-21H2,2-3H3/b26-13+/t28-,29?,30+,31-,34?,35+,36+/m1/s1. The second kappa shape index (κ2) is 11.1. The van der Waals surface area contributed by atoms with Gasteiger partial charge in [-0.2, -0.15) is 5.10 Å². The average molecular weight is 599 g/mol. The number of aliphatic hydroxyl groups is 1. The van der Waals surface area contributed by atoms with Crippen LogP contribution in [0.5, 0.6) is 0 Å². The number of benzene rings is 2. The Hall–Kier alpha value is -3.59. The van der Waals surface area contributed by atoms with Crippen LogP contribution in [0.4, 0.5) is 4.39 Å². The van der Waals surface area contributed by atoms with Crippen LogP contribution < -0.4 is 0 Å². The Kier molecular flexibility index (Phi) is 7.34. The lowest BCUT2D eigenvalue weighted by molar-refractivity contribution is -0.307. The van der Waals surface area contributed by atoms with Gasteiger partial charge in [-0.25, -0.2) is 13.9 Å². The van der Waals surface area contributed by atoms with E-state index in [0.29, 0.717) is 35.8 Å². The molecule has 3 aromatic rings. The van der Waals surface area contributed by atoms with Crippen molar-refractivity contribution in [3.63, 3.8) is 0 Å². The lowest BCUT2D eigenvalue weighted by Crippen LogP contribution is -2.60. The monoisotopic (exact) mass is 598 g/mol. The number of nitrogens with zero attached hydrogens (tertiary/aromatic N) is 2. The third-order valence-corrected chi connectivity index (χ3v) is 10.8. The Morgan fingerprint density at radius 1 is 1.14 bits per heavy atom. The number of para-hydroxylation sites is 1. The minimum absolute atomic E-state index is 0.0247. The predicted molar refractivity (Wildman–Crippen MR) is 163 cm³/mol. The van der Waals surface area contributed by atoms with Crippen molar-refractivity contribution in [3.05, 3.63) is 96.0 Å². The van der Waals surface area contributed by atoms with Crippen LogP contribution in [0.3, 0.4) is 0 Å². The average Bonchev–Trinajstić information content (AvgIpc) is 3.60. The number of hydrogen-bond donors (Lipinski definition) is 1. The first-order chi connectivity index (χ1) is 21.2. The van der Waals surface area contributed by atoms with Gasteiger partial charge in [-0.05, 0) is 73.6 Å². The molecule has 4 fully saturated rings. The van der Waals surface area contributed by atoms with E-state index in [1.807, 2.05) is 48.7 Å². The number of esters is 1. The summed E-state index contributed by atoms with van der Waals surface area (Å²) >= 11 is 0. The summed E-state index contributed by atoms with van der Waals surface area (Å²) in [5, 5.41) is 15.1. The van der Waals surface area contributed by atoms with Crippen LogP contribution in [-0.4, -0.2) is 46.3 Å².